The smallest absolute Gasteiger partial charge is 0.252 e. The van der Waals surface area contributed by atoms with Crippen molar-refractivity contribution >= 4 is 27.4 Å². The molecule has 7 heteroatoms. The fraction of sp³-hybridized carbons (Fsp3) is 0. The summed E-state index contributed by atoms with van der Waals surface area (Å²) in [5.41, 5.74) is 7.58. The van der Waals surface area contributed by atoms with E-state index in [1.807, 2.05) is 0 Å². The fourth-order valence-corrected chi connectivity index (χ4v) is 2.45. The molecule has 3 aromatic rings. The van der Waals surface area contributed by atoms with Gasteiger partial charge in [-0.3, -0.25) is 4.79 Å². The average molecular weight is 335 g/mol. The fourth-order valence-electron chi connectivity index (χ4n) is 2.02. The highest BCUT2D eigenvalue weighted by Gasteiger charge is 2.15. The van der Waals surface area contributed by atoms with Gasteiger partial charge in [-0.1, -0.05) is 0 Å². The number of nitrogens with two attached hydrogens (primary N) is 1. The van der Waals surface area contributed by atoms with Crippen LogP contribution in [0, 0.1) is 5.95 Å². The van der Waals surface area contributed by atoms with Crippen molar-refractivity contribution in [2.24, 2.45) is 5.73 Å². The molecule has 5 nitrogen and oxygen atoms in total. The van der Waals surface area contributed by atoms with Crippen molar-refractivity contribution in [2.75, 3.05) is 0 Å². The highest BCUT2D eigenvalue weighted by atomic mass is 79.9. The largest absolute Gasteiger partial charge is 0.365 e. The van der Waals surface area contributed by atoms with E-state index in [0.717, 1.165) is 4.47 Å². The number of halogens is 2. The summed E-state index contributed by atoms with van der Waals surface area (Å²) < 4.78 is 15.2. The van der Waals surface area contributed by atoms with Gasteiger partial charge in [0.15, 0.2) is 0 Å². The summed E-state index contributed by atoms with van der Waals surface area (Å²) in [4.78, 5) is 15.1. The highest BCUT2D eigenvalue weighted by molar-refractivity contribution is 9.10. The maximum Gasteiger partial charge on any atom is 0.252 e. The predicted octanol–water partition coefficient (Wildman–Crippen LogP) is 2.40. The van der Waals surface area contributed by atoms with Crippen LogP contribution < -0.4 is 5.73 Å². The number of rotatable bonds is 2. The lowest BCUT2D eigenvalue weighted by atomic mass is 10.1. The number of aromatic nitrogens is 3. The molecule has 0 aliphatic carbocycles. The molecule has 0 fully saturated rings. The third-order valence-corrected chi connectivity index (χ3v) is 3.32. The molecule has 0 saturated carbocycles. The van der Waals surface area contributed by atoms with Crippen LogP contribution in [-0.4, -0.2) is 20.5 Å². The average Bonchev–Trinajstić information content (AvgIpc) is 2.82. The van der Waals surface area contributed by atoms with Gasteiger partial charge in [-0.15, -0.1) is 0 Å². The maximum atomic E-state index is 12.9. The number of hydrogen-bond acceptors (Lipinski definition) is 3. The van der Waals surface area contributed by atoms with Crippen molar-refractivity contribution in [1.29, 1.82) is 0 Å². The van der Waals surface area contributed by atoms with Crippen molar-refractivity contribution in [3.63, 3.8) is 0 Å². The Bertz CT molecular complexity index is 813. The molecule has 0 spiro atoms. The zero-order chi connectivity index (χ0) is 14.3. The standard InChI is InChI=1S/C13H8BrFN4O/c14-8-3-9(7-1-2-11(15)17-4-7)12-10(13(16)20)5-18-19(12)6-8/h1-6H,(H2,16,20). The van der Waals surface area contributed by atoms with Crippen LogP contribution in [0.15, 0.2) is 41.3 Å². The zero-order valence-corrected chi connectivity index (χ0v) is 11.6. The third-order valence-electron chi connectivity index (χ3n) is 2.88. The van der Waals surface area contributed by atoms with Gasteiger partial charge in [0, 0.05) is 28.0 Å². The number of fused-ring (bicyclic) bond motifs is 1. The lowest BCUT2D eigenvalue weighted by Gasteiger charge is -2.06. The van der Waals surface area contributed by atoms with Crippen LogP contribution in [0.25, 0.3) is 16.6 Å². The normalized spacial score (nSPS) is 10.9. The number of nitrogens with zero attached hydrogens (tertiary/aromatic N) is 3. The van der Waals surface area contributed by atoms with Crippen LogP contribution in [0.5, 0.6) is 0 Å². The molecule has 0 aliphatic heterocycles. The molecule has 3 aromatic heterocycles. The Morgan fingerprint density at radius 2 is 2.15 bits per heavy atom. The Hall–Kier alpha value is -2.28. The van der Waals surface area contributed by atoms with E-state index in [9.17, 15) is 9.18 Å². The minimum absolute atomic E-state index is 0.303. The molecule has 0 aliphatic rings. The number of primary amides is 1. The Morgan fingerprint density at radius 1 is 1.35 bits per heavy atom. The lowest BCUT2D eigenvalue weighted by molar-refractivity contribution is 0.100. The second-order valence-corrected chi connectivity index (χ2v) is 5.07. The van der Waals surface area contributed by atoms with E-state index in [0.29, 0.717) is 22.2 Å². The van der Waals surface area contributed by atoms with E-state index in [1.165, 1.54) is 18.5 Å². The van der Waals surface area contributed by atoms with Gasteiger partial charge in [0.25, 0.3) is 5.91 Å². The van der Waals surface area contributed by atoms with E-state index in [2.05, 4.69) is 26.0 Å². The summed E-state index contributed by atoms with van der Waals surface area (Å²) in [5.74, 6) is -1.14. The topological polar surface area (TPSA) is 73.3 Å². The molecule has 0 saturated heterocycles. The van der Waals surface area contributed by atoms with E-state index >= 15 is 0 Å². The molecule has 1 amide bonds. The Labute approximate surface area is 121 Å². The molecule has 0 aromatic carbocycles. The monoisotopic (exact) mass is 334 g/mol. The van der Waals surface area contributed by atoms with Gasteiger partial charge in [0.05, 0.1) is 17.3 Å². The molecule has 0 bridgehead atoms. The van der Waals surface area contributed by atoms with Crippen molar-refractivity contribution in [2.45, 2.75) is 0 Å². The van der Waals surface area contributed by atoms with Gasteiger partial charge in [-0.2, -0.15) is 9.49 Å². The first-order valence-electron chi connectivity index (χ1n) is 5.65. The Kier molecular flexibility index (Phi) is 2.98. The van der Waals surface area contributed by atoms with E-state index in [-0.39, 0.29) is 0 Å². The summed E-state index contributed by atoms with van der Waals surface area (Å²) in [6.07, 6.45) is 4.52. The number of hydrogen-bond donors (Lipinski definition) is 1. The first-order chi connectivity index (χ1) is 9.56. The van der Waals surface area contributed by atoms with Gasteiger partial charge in [0.1, 0.15) is 0 Å². The van der Waals surface area contributed by atoms with Crippen LogP contribution in [0.3, 0.4) is 0 Å². The molecule has 0 unspecified atom stereocenters. The summed E-state index contributed by atoms with van der Waals surface area (Å²) in [6.45, 7) is 0. The minimum Gasteiger partial charge on any atom is -0.365 e. The lowest BCUT2D eigenvalue weighted by Crippen LogP contribution is -2.10. The Balaban J connectivity index is 2.35. The molecule has 100 valence electrons. The molecule has 3 heterocycles. The van der Waals surface area contributed by atoms with Crippen molar-refractivity contribution in [3.05, 3.63) is 52.8 Å². The van der Waals surface area contributed by atoms with Gasteiger partial charge >= 0.3 is 0 Å². The Morgan fingerprint density at radius 3 is 2.80 bits per heavy atom. The van der Waals surface area contributed by atoms with E-state index in [1.54, 1.807) is 22.8 Å². The quantitative estimate of drug-likeness (QED) is 0.731. The number of carbonyl (C=O) groups is 1. The molecule has 20 heavy (non-hydrogen) atoms. The second-order valence-electron chi connectivity index (χ2n) is 4.16. The van der Waals surface area contributed by atoms with Crippen LogP contribution in [0.2, 0.25) is 0 Å². The highest BCUT2D eigenvalue weighted by Crippen LogP contribution is 2.29. The number of pyridine rings is 2. The van der Waals surface area contributed by atoms with Crippen molar-refractivity contribution in [1.82, 2.24) is 14.6 Å². The maximum absolute atomic E-state index is 12.9. The van der Waals surface area contributed by atoms with Crippen molar-refractivity contribution in [3.8, 4) is 11.1 Å². The molecule has 0 atom stereocenters. The van der Waals surface area contributed by atoms with Crippen LogP contribution >= 0.6 is 15.9 Å². The van der Waals surface area contributed by atoms with Gasteiger partial charge in [-0.05, 0) is 34.1 Å². The first kappa shape index (κ1) is 12.7. The third kappa shape index (κ3) is 2.05. The summed E-state index contributed by atoms with van der Waals surface area (Å²) in [6, 6.07) is 4.65. The SMILES string of the molecule is NC(=O)c1cnn2cc(Br)cc(-c3ccc(F)nc3)c12. The second kappa shape index (κ2) is 4.68. The summed E-state index contributed by atoms with van der Waals surface area (Å²) in [5, 5.41) is 4.10. The molecule has 3 rings (SSSR count). The van der Waals surface area contributed by atoms with E-state index < -0.39 is 11.9 Å². The molecule has 0 radical (unpaired) electrons. The zero-order valence-electron chi connectivity index (χ0n) is 10.0. The molecular formula is C13H8BrFN4O. The predicted molar refractivity (Wildman–Crippen MR) is 74.6 cm³/mol. The first-order valence-corrected chi connectivity index (χ1v) is 6.44. The minimum atomic E-state index is -0.571. The van der Waals surface area contributed by atoms with Crippen molar-refractivity contribution < 1.29 is 9.18 Å². The summed E-state index contributed by atoms with van der Waals surface area (Å²) in [7, 11) is 0. The number of amides is 1. The van der Waals surface area contributed by atoms with Crippen LogP contribution in [0.1, 0.15) is 10.4 Å². The molecular weight excluding hydrogens is 327 g/mol. The van der Waals surface area contributed by atoms with Gasteiger partial charge < -0.3 is 5.73 Å². The van der Waals surface area contributed by atoms with Gasteiger partial charge in [0.2, 0.25) is 5.95 Å². The number of carbonyl (C=O) groups excluding carboxylic acids is 1. The van der Waals surface area contributed by atoms with Crippen LogP contribution in [0.4, 0.5) is 4.39 Å². The summed E-state index contributed by atoms with van der Waals surface area (Å²) >= 11 is 3.37. The molecule has 2 N–H and O–H groups in total. The van der Waals surface area contributed by atoms with Crippen LogP contribution in [-0.2, 0) is 0 Å². The van der Waals surface area contributed by atoms with Gasteiger partial charge in [-0.25, -0.2) is 9.50 Å². The van der Waals surface area contributed by atoms with E-state index in [4.69, 9.17) is 5.73 Å².